The van der Waals surface area contributed by atoms with E-state index in [0.29, 0.717) is 0 Å². The van der Waals surface area contributed by atoms with Gasteiger partial charge in [0.15, 0.2) is 5.96 Å². The summed E-state index contributed by atoms with van der Waals surface area (Å²) in [7, 11) is 1.87. The van der Waals surface area contributed by atoms with Gasteiger partial charge in [-0.2, -0.15) is 0 Å². The zero-order valence-electron chi connectivity index (χ0n) is 15.3. The third-order valence-electron chi connectivity index (χ3n) is 4.55. The number of anilines is 1. The molecule has 5 nitrogen and oxygen atoms in total. The first kappa shape index (κ1) is 17.7. The lowest BCUT2D eigenvalue weighted by Gasteiger charge is -2.37. The van der Waals surface area contributed by atoms with Crippen LogP contribution in [0.3, 0.4) is 0 Å². The van der Waals surface area contributed by atoms with E-state index in [1.807, 2.05) is 7.05 Å². The van der Waals surface area contributed by atoms with Crippen LogP contribution in [0.5, 0.6) is 0 Å². The van der Waals surface area contributed by atoms with E-state index in [-0.39, 0.29) is 0 Å². The highest BCUT2D eigenvalue weighted by Crippen LogP contribution is 2.17. The van der Waals surface area contributed by atoms with Gasteiger partial charge in [0.2, 0.25) is 0 Å². The van der Waals surface area contributed by atoms with Crippen LogP contribution in [0.2, 0.25) is 0 Å². The number of para-hydroxylation sites is 1. The summed E-state index contributed by atoms with van der Waals surface area (Å²) in [5.74, 6) is 1.01. The molecule has 0 saturated carbocycles. The van der Waals surface area contributed by atoms with Gasteiger partial charge in [-0.25, -0.2) is 4.98 Å². The van der Waals surface area contributed by atoms with Crippen molar-refractivity contribution in [2.45, 2.75) is 20.3 Å². The van der Waals surface area contributed by atoms with Gasteiger partial charge in [-0.1, -0.05) is 18.2 Å². The second kappa shape index (κ2) is 8.34. The number of benzene rings is 1. The van der Waals surface area contributed by atoms with Gasteiger partial charge in [-0.15, -0.1) is 11.3 Å². The van der Waals surface area contributed by atoms with Crippen LogP contribution in [0.4, 0.5) is 5.69 Å². The number of aliphatic imine (C=N–C) groups is 1. The summed E-state index contributed by atoms with van der Waals surface area (Å²) >= 11 is 1.80. The predicted octanol–water partition coefficient (Wildman–Crippen LogP) is 2.70. The fourth-order valence-electron chi connectivity index (χ4n) is 3.24. The molecule has 1 N–H and O–H groups in total. The Labute approximate surface area is 154 Å². The van der Waals surface area contributed by atoms with Gasteiger partial charge in [0.05, 0.1) is 10.7 Å². The maximum absolute atomic E-state index is 4.50. The Morgan fingerprint density at radius 1 is 1.16 bits per heavy atom. The molecule has 1 aliphatic heterocycles. The number of thiazole rings is 1. The van der Waals surface area contributed by atoms with Crippen molar-refractivity contribution in [2.75, 3.05) is 44.7 Å². The van der Waals surface area contributed by atoms with Gasteiger partial charge in [-0.05, 0) is 26.0 Å². The fourth-order valence-corrected chi connectivity index (χ4v) is 4.18. The molecule has 2 aromatic rings. The molecule has 0 aliphatic carbocycles. The van der Waals surface area contributed by atoms with Crippen molar-refractivity contribution in [3.8, 4) is 0 Å². The van der Waals surface area contributed by atoms with Crippen LogP contribution in [0.15, 0.2) is 35.3 Å². The average Bonchev–Trinajstić information content (AvgIpc) is 2.97. The second-order valence-electron chi connectivity index (χ2n) is 6.28. The van der Waals surface area contributed by atoms with E-state index in [9.17, 15) is 0 Å². The molecule has 1 aromatic heterocycles. The highest BCUT2D eigenvalue weighted by atomic mass is 32.1. The van der Waals surface area contributed by atoms with Crippen molar-refractivity contribution in [3.05, 3.63) is 45.9 Å². The number of aromatic nitrogens is 1. The van der Waals surface area contributed by atoms with Crippen molar-refractivity contribution in [3.63, 3.8) is 0 Å². The summed E-state index contributed by atoms with van der Waals surface area (Å²) in [6.07, 6.45) is 1.00. The number of hydrogen-bond acceptors (Lipinski definition) is 4. The first-order valence-corrected chi connectivity index (χ1v) is 9.67. The molecular weight excluding hydrogens is 330 g/mol. The summed E-state index contributed by atoms with van der Waals surface area (Å²) in [6.45, 7) is 9.10. The molecule has 1 aromatic carbocycles. The van der Waals surface area contributed by atoms with Gasteiger partial charge in [0.1, 0.15) is 0 Å². The molecule has 0 spiro atoms. The van der Waals surface area contributed by atoms with Crippen molar-refractivity contribution in [2.24, 2.45) is 4.99 Å². The molecule has 0 radical (unpaired) electrons. The van der Waals surface area contributed by atoms with Crippen LogP contribution in [-0.4, -0.2) is 55.6 Å². The smallest absolute Gasteiger partial charge is 0.193 e. The van der Waals surface area contributed by atoms with Gasteiger partial charge in [0.25, 0.3) is 0 Å². The zero-order valence-corrected chi connectivity index (χ0v) is 16.1. The maximum atomic E-state index is 4.50. The predicted molar refractivity (Wildman–Crippen MR) is 107 cm³/mol. The van der Waals surface area contributed by atoms with E-state index in [0.717, 1.165) is 55.8 Å². The fraction of sp³-hybridized carbons (Fsp3) is 0.474. The van der Waals surface area contributed by atoms with Crippen LogP contribution in [0, 0.1) is 13.8 Å². The Balaban J connectivity index is 1.48. The number of piperazine rings is 1. The quantitative estimate of drug-likeness (QED) is 0.675. The minimum absolute atomic E-state index is 0.897. The number of hydrogen-bond donors (Lipinski definition) is 1. The van der Waals surface area contributed by atoms with E-state index in [2.05, 4.69) is 69.3 Å². The third-order valence-corrected chi connectivity index (χ3v) is 5.68. The monoisotopic (exact) mass is 357 g/mol. The highest BCUT2D eigenvalue weighted by molar-refractivity contribution is 7.11. The molecule has 0 atom stereocenters. The maximum Gasteiger partial charge on any atom is 0.193 e. The molecule has 0 unspecified atom stereocenters. The van der Waals surface area contributed by atoms with Gasteiger partial charge in [-0.3, -0.25) is 4.99 Å². The lowest BCUT2D eigenvalue weighted by atomic mass is 10.2. The lowest BCUT2D eigenvalue weighted by Crippen LogP contribution is -2.52. The molecule has 2 heterocycles. The highest BCUT2D eigenvalue weighted by Gasteiger charge is 2.19. The minimum Gasteiger partial charge on any atom is -0.368 e. The summed E-state index contributed by atoms with van der Waals surface area (Å²) in [5, 5.41) is 4.66. The molecule has 25 heavy (non-hydrogen) atoms. The van der Waals surface area contributed by atoms with Crippen LogP contribution in [-0.2, 0) is 6.42 Å². The van der Waals surface area contributed by atoms with E-state index < -0.39 is 0 Å². The third kappa shape index (κ3) is 4.51. The number of guanidine groups is 1. The van der Waals surface area contributed by atoms with E-state index in [1.54, 1.807) is 11.3 Å². The zero-order chi connectivity index (χ0) is 17.6. The molecule has 134 valence electrons. The van der Waals surface area contributed by atoms with Gasteiger partial charge < -0.3 is 15.1 Å². The largest absolute Gasteiger partial charge is 0.368 e. The van der Waals surface area contributed by atoms with Crippen LogP contribution in [0.1, 0.15) is 15.6 Å². The van der Waals surface area contributed by atoms with Crippen LogP contribution in [0.25, 0.3) is 0 Å². The van der Waals surface area contributed by atoms with Crippen molar-refractivity contribution >= 4 is 23.0 Å². The number of aryl methyl sites for hydroxylation is 2. The Morgan fingerprint density at radius 2 is 1.88 bits per heavy atom. The first-order chi connectivity index (χ1) is 12.2. The van der Waals surface area contributed by atoms with Crippen LogP contribution >= 0.6 is 11.3 Å². The summed E-state index contributed by atoms with van der Waals surface area (Å²) < 4.78 is 0. The van der Waals surface area contributed by atoms with Gasteiger partial charge >= 0.3 is 0 Å². The molecule has 0 amide bonds. The van der Waals surface area contributed by atoms with Gasteiger partial charge in [0, 0.05) is 56.8 Å². The summed E-state index contributed by atoms with van der Waals surface area (Å²) in [4.78, 5) is 15.1. The Morgan fingerprint density at radius 3 is 2.48 bits per heavy atom. The Hall–Kier alpha value is -2.08. The normalized spacial score (nSPS) is 15.6. The molecular formula is C19H27N5S. The molecule has 3 rings (SSSR count). The molecule has 1 saturated heterocycles. The second-order valence-corrected chi connectivity index (χ2v) is 7.56. The SMILES string of the molecule is CN=C(NCCc1sc(C)nc1C)N1CCN(c2ccccc2)CC1. The summed E-state index contributed by atoms with van der Waals surface area (Å²) in [5.41, 5.74) is 2.47. The molecule has 0 bridgehead atoms. The van der Waals surface area contributed by atoms with Crippen molar-refractivity contribution in [1.29, 1.82) is 0 Å². The standard InChI is InChI=1S/C19H27N5S/c1-15-18(25-16(2)22-15)9-10-21-19(20-3)24-13-11-23(12-14-24)17-7-5-4-6-8-17/h4-8H,9-14H2,1-3H3,(H,20,21). The number of rotatable bonds is 4. The molecule has 1 aliphatic rings. The molecule has 6 heteroatoms. The number of nitrogens with zero attached hydrogens (tertiary/aromatic N) is 4. The Bertz CT molecular complexity index is 702. The van der Waals surface area contributed by atoms with Crippen molar-refractivity contribution < 1.29 is 0 Å². The van der Waals surface area contributed by atoms with E-state index in [4.69, 9.17) is 0 Å². The first-order valence-electron chi connectivity index (χ1n) is 8.86. The Kier molecular flexibility index (Phi) is 5.91. The van der Waals surface area contributed by atoms with E-state index >= 15 is 0 Å². The number of nitrogens with one attached hydrogen (secondary N) is 1. The minimum atomic E-state index is 0.897. The average molecular weight is 358 g/mol. The van der Waals surface area contributed by atoms with Crippen molar-refractivity contribution in [1.82, 2.24) is 15.2 Å². The van der Waals surface area contributed by atoms with E-state index in [1.165, 1.54) is 10.6 Å². The topological polar surface area (TPSA) is 43.8 Å². The van der Waals surface area contributed by atoms with Crippen LogP contribution < -0.4 is 10.2 Å². The molecule has 1 fully saturated rings. The summed E-state index contributed by atoms with van der Waals surface area (Å²) in [6, 6.07) is 10.6. The lowest BCUT2D eigenvalue weighted by molar-refractivity contribution is 0.373.